The maximum atomic E-state index is 11.9. The van der Waals surface area contributed by atoms with Crippen LogP contribution in [0.5, 0.6) is 0 Å². The van der Waals surface area contributed by atoms with Crippen LogP contribution in [0.3, 0.4) is 0 Å². The van der Waals surface area contributed by atoms with Gasteiger partial charge in [-0.25, -0.2) is 0 Å². The molecule has 0 aliphatic heterocycles. The van der Waals surface area contributed by atoms with Crippen molar-refractivity contribution in [2.75, 3.05) is 13.2 Å². The summed E-state index contributed by atoms with van der Waals surface area (Å²) in [6.07, 6.45) is 29.3. The van der Waals surface area contributed by atoms with E-state index >= 15 is 0 Å². The van der Waals surface area contributed by atoms with Crippen molar-refractivity contribution in [1.29, 1.82) is 0 Å². The molecule has 0 radical (unpaired) electrons. The molecule has 0 fully saturated rings. The minimum absolute atomic E-state index is 0.142. The molecule has 0 aromatic heterocycles. The van der Waals surface area contributed by atoms with Crippen molar-refractivity contribution in [3.63, 3.8) is 0 Å². The third-order valence-electron chi connectivity index (χ3n) is 6.49. The lowest BCUT2D eigenvalue weighted by Crippen LogP contribution is -2.25. The summed E-state index contributed by atoms with van der Waals surface area (Å²) >= 11 is 0. The van der Waals surface area contributed by atoms with Gasteiger partial charge in [0.1, 0.15) is 19.3 Å². The van der Waals surface area contributed by atoms with Crippen molar-refractivity contribution >= 4 is 11.9 Å². The van der Waals surface area contributed by atoms with E-state index in [0.29, 0.717) is 12.8 Å². The quantitative estimate of drug-likeness (QED) is 0.0467. The molecule has 0 bridgehead atoms. The van der Waals surface area contributed by atoms with Crippen LogP contribution in [0.1, 0.15) is 136 Å². The second-order valence-corrected chi connectivity index (χ2v) is 10.4. The van der Waals surface area contributed by atoms with Crippen LogP contribution in [0, 0.1) is 0 Å². The molecule has 6 heteroatoms. The molecule has 0 rings (SSSR count). The van der Waals surface area contributed by atoms with E-state index in [9.17, 15) is 19.8 Å². The summed E-state index contributed by atoms with van der Waals surface area (Å²) in [6.45, 7) is 4.04. The van der Waals surface area contributed by atoms with Gasteiger partial charge in [-0.15, -0.1) is 0 Å². The number of rotatable bonds is 27. The van der Waals surface area contributed by atoms with E-state index in [1.807, 2.05) is 18.2 Å². The molecule has 0 saturated carbocycles. The second-order valence-electron chi connectivity index (χ2n) is 10.4. The van der Waals surface area contributed by atoms with Gasteiger partial charge in [0.15, 0.2) is 0 Å². The molecule has 0 aromatic rings. The molecule has 226 valence electrons. The van der Waals surface area contributed by atoms with E-state index in [2.05, 4.69) is 32.1 Å². The lowest BCUT2D eigenvalue weighted by atomic mass is 10.1. The first kappa shape index (κ1) is 37.1. The standard InChI is InChI=1S/C33H58O6/c1-3-5-7-9-11-12-14-18-22-26-32(36)38-28-31(35)29-39-33(37)27-23-19-15-17-21-25-30(34)24-20-16-13-10-8-6-4-2/h6,8,13,16,20,24,30-31,34-35H,3-5,7,9-12,14-15,17-19,21-23,25-29H2,1-2H3/b8-6+,16-13+,24-20+/t30?,31-/m1/s1. The maximum absolute atomic E-state index is 11.9. The predicted octanol–water partition coefficient (Wildman–Crippen LogP) is 7.91. The predicted molar refractivity (Wildman–Crippen MR) is 160 cm³/mol. The van der Waals surface area contributed by atoms with Crippen molar-refractivity contribution in [3.8, 4) is 0 Å². The van der Waals surface area contributed by atoms with Gasteiger partial charge in [0.2, 0.25) is 0 Å². The number of allylic oxidation sites excluding steroid dienone is 5. The fourth-order valence-electron chi connectivity index (χ4n) is 4.09. The third-order valence-corrected chi connectivity index (χ3v) is 6.49. The van der Waals surface area contributed by atoms with Crippen LogP contribution in [0.4, 0.5) is 0 Å². The average molecular weight is 551 g/mol. The zero-order chi connectivity index (χ0) is 28.8. The number of ether oxygens (including phenoxy) is 2. The van der Waals surface area contributed by atoms with E-state index in [0.717, 1.165) is 70.6 Å². The van der Waals surface area contributed by atoms with Gasteiger partial charge >= 0.3 is 11.9 Å². The van der Waals surface area contributed by atoms with E-state index in [1.54, 1.807) is 0 Å². The molecule has 0 heterocycles. The van der Waals surface area contributed by atoms with Crippen molar-refractivity contribution < 1.29 is 29.3 Å². The number of aliphatic hydroxyl groups excluding tert-OH is 2. The summed E-state index contributed by atoms with van der Waals surface area (Å²) in [5.41, 5.74) is 0. The molecule has 0 aliphatic carbocycles. The summed E-state index contributed by atoms with van der Waals surface area (Å²) in [5.74, 6) is -0.645. The Hall–Kier alpha value is -1.92. The monoisotopic (exact) mass is 550 g/mol. The molecular formula is C33H58O6. The van der Waals surface area contributed by atoms with E-state index in [-0.39, 0.29) is 25.2 Å². The molecule has 0 amide bonds. The molecule has 0 aromatic carbocycles. The lowest BCUT2D eigenvalue weighted by Gasteiger charge is -2.12. The van der Waals surface area contributed by atoms with Gasteiger partial charge in [-0.3, -0.25) is 9.59 Å². The largest absolute Gasteiger partial charge is 0.463 e. The molecule has 1 unspecified atom stereocenters. The number of unbranched alkanes of at least 4 members (excludes halogenated alkanes) is 12. The van der Waals surface area contributed by atoms with Gasteiger partial charge in [-0.2, -0.15) is 0 Å². The highest BCUT2D eigenvalue weighted by Gasteiger charge is 2.12. The van der Waals surface area contributed by atoms with Gasteiger partial charge in [-0.1, -0.05) is 127 Å². The number of hydrogen-bond donors (Lipinski definition) is 2. The number of hydrogen-bond acceptors (Lipinski definition) is 6. The van der Waals surface area contributed by atoms with Crippen LogP contribution >= 0.6 is 0 Å². The van der Waals surface area contributed by atoms with Gasteiger partial charge < -0.3 is 19.7 Å². The Bertz CT molecular complexity index is 655. The topological polar surface area (TPSA) is 93.1 Å². The summed E-state index contributed by atoms with van der Waals surface area (Å²) in [5, 5.41) is 19.9. The fraction of sp³-hybridized carbons (Fsp3) is 0.758. The fourth-order valence-corrected chi connectivity index (χ4v) is 4.09. The Morgan fingerprint density at radius 2 is 1.15 bits per heavy atom. The van der Waals surface area contributed by atoms with Crippen molar-refractivity contribution in [3.05, 3.63) is 36.5 Å². The normalized spacial score (nSPS) is 13.4. The summed E-state index contributed by atoms with van der Waals surface area (Å²) < 4.78 is 10.2. The highest BCUT2D eigenvalue weighted by molar-refractivity contribution is 5.69. The highest BCUT2D eigenvalue weighted by Crippen LogP contribution is 2.12. The van der Waals surface area contributed by atoms with Crippen LogP contribution in [0.2, 0.25) is 0 Å². The zero-order valence-electron chi connectivity index (χ0n) is 25.0. The van der Waals surface area contributed by atoms with Crippen molar-refractivity contribution in [2.24, 2.45) is 0 Å². The first-order valence-corrected chi connectivity index (χ1v) is 15.6. The van der Waals surface area contributed by atoms with E-state index < -0.39 is 12.2 Å². The zero-order valence-corrected chi connectivity index (χ0v) is 25.0. The van der Waals surface area contributed by atoms with Crippen LogP contribution in [-0.2, 0) is 19.1 Å². The smallest absolute Gasteiger partial charge is 0.305 e. The summed E-state index contributed by atoms with van der Waals surface area (Å²) in [4.78, 5) is 23.7. The minimum atomic E-state index is -0.991. The Balaban J connectivity index is 3.58. The van der Waals surface area contributed by atoms with E-state index in [1.165, 1.54) is 38.5 Å². The van der Waals surface area contributed by atoms with E-state index in [4.69, 9.17) is 9.47 Å². The molecule has 39 heavy (non-hydrogen) atoms. The third kappa shape index (κ3) is 28.9. The number of carbonyl (C=O) groups is 2. The molecule has 2 N–H and O–H groups in total. The first-order chi connectivity index (χ1) is 19.0. The maximum Gasteiger partial charge on any atom is 0.305 e. The average Bonchev–Trinajstić information content (AvgIpc) is 2.93. The van der Waals surface area contributed by atoms with Crippen molar-refractivity contribution in [2.45, 2.75) is 148 Å². The van der Waals surface area contributed by atoms with Crippen LogP contribution in [0.25, 0.3) is 0 Å². The Kier molecular flexibility index (Phi) is 27.6. The van der Waals surface area contributed by atoms with Gasteiger partial charge in [0.25, 0.3) is 0 Å². The molecule has 2 atom stereocenters. The lowest BCUT2D eigenvalue weighted by molar-refractivity contribution is -0.152. The summed E-state index contributed by atoms with van der Waals surface area (Å²) in [7, 11) is 0. The molecule has 6 nitrogen and oxygen atoms in total. The number of aliphatic hydroxyl groups is 2. The van der Waals surface area contributed by atoms with Crippen LogP contribution < -0.4 is 0 Å². The van der Waals surface area contributed by atoms with Gasteiger partial charge in [-0.05, 0) is 32.1 Å². The molecular weight excluding hydrogens is 492 g/mol. The van der Waals surface area contributed by atoms with Gasteiger partial charge in [0.05, 0.1) is 6.10 Å². The molecule has 0 saturated heterocycles. The summed E-state index contributed by atoms with van der Waals surface area (Å²) in [6, 6.07) is 0. The Morgan fingerprint density at radius 1 is 0.641 bits per heavy atom. The SMILES string of the molecule is CC/C=C/C/C=C/C=C/C(O)CCCCCCCC(=O)OC[C@H](O)COC(=O)CCCCCCCCCCC. The second kappa shape index (κ2) is 29.1. The first-order valence-electron chi connectivity index (χ1n) is 15.6. The van der Waals surface area contributed by atoms with Crippen LogP contribution in [0.15, 0.2) is 36.5 Å². The van der Waals surface area contributed by atoms with Crippen molar-refractivity contribution in [1.82, 2.24) is 0 Å². The van der Waals surface area contributed by atoms with Crippen LogP contribution in [-0.4, -0.2) is 47.6 Å². The number of carbonyl (C=O) groups excluding carboxylic acids is 2. The Morgan fingerprint density at radius 3 is 1.69 bits per heavy atom. The van der Waals surface area contributed by atoms with Gasteiger partial charge in [0, 0.05) is 12.8 Å². The highest BCUT2D eigenvalue weighted by atomic mass is 16.6. The Labute approximate surface area is 238 Å². The number of esters is 2. The molecule has 0 aliphatic rings. The minimum Gasteiger partial charge on any atom is -0.463 e. The molecule has 0 spiro atoms.